The van der Waals surface area contributed by atoms with Crippen LogP contribution in [0.3, 0.4) is 0 Å². The van der Waals surface area contributed by atoms with Crippen LogP contribution in [0.4, 0.5) is 5.00 Å². The molecule has 0 aromatic carbocycles. The third-order valence-electron chi connectivity index (χ3n) is 2.52. The number of hydrogen-bond donors (Lipinski definition) is 1. The van der Waals surface area contributed by atoms with Crippen molar-refractivity contribution in [2.45, 2.75) is 11.7 Å². The van der Waals surface area contributed by atoms with Crippen LogP contribution < -0.4 is 5.32 Å². The fourth-order valence-corrected chi connectivity index (χ4v) is 4.49. The fourth-order valence-electron chi connectivity index (χ4n) is 1.77. The van der Waals surface area contributed by atoms with Crippen molar-refractivity contribution in [3.63, 3.8) is 0 Å². The lowest BCUT2D eigenvalue weighted by molar-refractivity contribution is -0.115. The van der Waals surface area contributed by atoms with E-state index in [9.17, 15) is 4.79 Å². The highest BCUT2D eigenvalue weighted by atomic mass is 32.2. The predicted molar refractivity (Wildman–Crippen MR) is 71.8 cm³/mol. The van der Waals surface area contributed by atoms with Crippen molar-refractivity contribution in [1.82, 2.24) is 9.59 Å². The minimum absolute atomic E-state index is 0.0281. The molecule has 2 aromatic rings. The number of aryl methyl sites for hydroxylation is 1. The molecular formula is C10H9N3OS3. The molecule has 1 aliphatic rings. The molecule has 4 nitrogen and oxygen atoms in total. The first-order valence-electron chi connectivity index (χ1n) is 5.10. The summed E-state index contributed by atoms with van der Waals surface area (Å²) in [5.74, 6) is 1.03. The van der Waals surface area contributed by atoms with E-state index >= 15 is 0 Å². The molecule has 3 heterocycles. The summed E-state index contributed by atoms with van der Waals surface area (Å²) in [6, 6.07) is 2.06. The Hall–Kier alpha value is -0.920. The molecular weight excluding hydrogens is 274 g/mol. The second kappa shape index (κ2) is 4.75. The highest BCUT2D eigenvalue weighted by molar-refractivity contribution is 8.00. The van der Waals surface area contributed by atoms with Gasteiger partial charge in [-0.05, 0) is 29.2 Å². The highest BCUT2D eigenvalue weighted by Gasteiger charge is 2.28. The van der Waals surface area contributed by atoms with E-state index in [-0.39, 0.29) is 11.2 Å². The smallest absolute Gasteiger partial charge is 0.242 e. The average molecular weight is 283 g/mol. The zero-order valence-electron chi connectivity index (χ0n) is 8.75. The second-order valence-electron chi connectivity index (χ2n) is 3.57. The molecule has 1 N–H and O–H groups in total. The number of thiophene rings is 1. The summed E-state index contributed by atoms with van der Waals surface area (Å²) in [6.07, 6.45) is 2.65. The van der Waals surface area contributed by atoms with Crippen LogP contribution in [0, 0.1) is 0 Å². The molecule has 1 unspecified atom stereocenters. The lowest BCUT2D eigenvalue weighted by Gasteiger charge is -2.20. The first-order valence-corrected chi connectivity index (χ1v) is 7.81. The van der Waals surface area contributed by atoms with E-state index in [2.05, 4.69) is 26.4 Å². The Kier molecular flexibility index (Phi) is 3.13. The van der Waals surface area contributed by atoms with Gasteiger partial charge in [-0.3, -0.25) is 4.79 Å². The molecule has 1 atom stereocenters. The number of amides is 1. The van der Waals surface area contributed by atoms with Crippen LogP contribution in [0.5, 0.6) is 0 Å². The van der Waals surface area contributed by atoms with Gasteiger partial charge in [-0.2, -0.15) is 0 Å². The van der Waals surface area contributed by atoms with Gasteiger partial charge in [0.05, 0.1) is 6.20 Å². The number of carbonyl (C=O) groups is 1. The van der Waals surface area contributed by atoms with Crippen molar-refractivity contribution in [3.05, 3.63) is 28.1 Å². The Labute approximate surface area is 111 Å². The van der Waals surface area contributed by atoms with E-state index in [1.54, 1.807) is 29.3 Å². The van der Waals surface area contributed by atoms with Crippen molar-refractivity contribution in [1.29, 1.82) is 0 Å². The number of rotatable bonds is 2. The number of nitrogens with zero attached hydrogens (tertiary/aromatic N) is 2. The Bertz CT molecular complexity index is 523. The van der Waals surface area contributed by atoms with E-state index in [1.807, 2.05) is 0 Å². The first kappa shape index (κ1) is 11.2. The zero-order valence-corrected chi connectivity index (χ0v) is 11.2. The molecule has 1 aliphatic heterocycles. The molecule has 0 saturated carbocycles. The monoisotopic (exact) mass is 283 g/mol. The van der Waals surface area contributed by atoms with Crippen LogP contribution in [0.15, 0.2) is 17.6 Å². The Balaban J connectivity index is 1.80. The number of anilines is 1. The van der Waals surface area contributed by atoms with Crippen molar-refractivity contribution in [2.75, 3.05) is 11.1 Å². The molecule has 0 spiro atoms. The van der Waals surface area contributed by atoms with Crippen LogP contribution in [-0.4, -0.2) is 21.2 Å². The summed E-state index contributed by atoms with van der Waals surface area (Å²) in [5.41, 5.74) is 1.17. The minimum Gasteiger partial charge on any atom is -0.314 e. The predicted octanol–water partition coefficient (Wildman–Crippen LogP) is 2.57. The van der Waals surface area contributed by atoms with Gasteiger partial charge in [0, 0.05) is 16.4 Å². The maximum Gasteiger partial charge on any atom is 0.242 e. The molecule has 0 aliphatic carbocycles. The van der Waals surface area contributed by atoms with Crippen LogP contribution in [-0.2, 0) is 11.2 Å². The standard InChI is InChI=1S/C10H9N3OS3/c14-10(12-8-5-11-13-17-8)9-6-1-3-15-7(6)2-4-16-9/h1,3,5,9H,2,4H2,(H,12,14). The number of nitrogens with one attached hydrogen (secondary N) is 1. The van der Waals surface area contributed by atoms with Crippen LogP contribution >= 0.6 is 34.6 Å². The molecule has 0 saturated heterocycles. The second-order valence-corrected chi connectivity index (χ2v) is 6.57. The average Bonchev–Trinajstić information content (AvgIpc) is 2.97. The van der Waals surface area contributed by atoms with Crippen molar-refractivity contribution in [3.8, 4) is 0 Å². The molecule has 0 fully saturated rings. The molecule has 1 amide bonds. The largest absolute Gasteiger partial charge is 0.314 e. The summed E-state index contributed by atoms with van der Waals surface area (Å²) < 4.78 is 3.73. The lowest BCUT2D eigenvalue weighted by Crippen LogP contribution is -2.21. The van der Waals surface area contributed by atoms with Crippen LogP contribution in [0.25, 0.3) is 0 Å². The van der Waals surface area contributed by atoms with Crippen LogP contribution in [0.1, 0.15) is 15.7 Å². The summed E-state index contributed by atoms with van der Waals surface area (Å²) in [5, 5.41) is 9.24. The minimum atomic E-state index is -0.0906. The normalized spacial score (nSPS) is 18.7. The van der Waals surface area contributed by atoms with Gasteiger partial charge < -0.3 is 5.32 Å². The molecule has 0 radical (unpaired) electrons. The maximum atomic E-state index is 12.1. The zero-order chi connectivity index (χ0) is 11.7. The summed E-state index contributed by atoms with van der Waals surface area (Å²) >= 11 is 4.64. The molecule has 3 rings (SSSR count). The molecule has 0 bridgehead atoms. The number of hydrogen-bond acceptors (Lipinski definition) is 6. The van der Waals surface area contributed by atoms with Crippen molar-refractivity contribution < 1.29 is 4.79 Å². The number of carbonyl (C=O) groups excluding carboxylic acids is 1. The van der Waals surface area contributed by atoms with Crippen molar-refractivity contribution in [2.24, 2.45) is 0 Å². The Morgan fingerprint density at radius 2 is 2.47 bits per heavy atom. The topological polar surface area (TPSA) is 54.9 Å². The first-order chi connectivity index (χ1) is 8.34. The summed E-state index contributed by atoms with van der Waals surface area (Å²) in [6.45, 7) is 0. The van der Waals surface area contributed by atoms with Gasteiger partial charge in [-0.1, -0.05) is 4.49 Å². The summed E-state index contributed by atoms with van der Waals surface area (Å²) in [4.78, 5) is 13.5. The number of fused-ring (bicyclic) bond motifs is 1. The Morgan fingerprint density at radius 3 is 3.29 bits per heavy atom. The third kappa shape index (κ3) is 2.22. The molecule has 2 aromatic heterocycles. The fraction of sp³-hybridized carbons (Fsp3) is 0.300. The van der Waals surface area contributed by atoms with Gasteiger partial charge in [0.15, 0.2) is 0 Å². The van der Waals surface area contributed by atoms with E-state index in [0.29, 0.717) is 5.00 Å². The SMILES string of the molecule is O=C(Nc1cnns1)C1SCCc2sccc21. The summed E-state index contributed by atoms with van der Waals surface area (Å²) in [7, 11) is 0. The highest BCUT2D eigenvalue weighted by Crippen LogP contribution is 2.39. The molecule has 17 heavy (non-hydrogen) atoms. The van der Waals surface area contributed by atoms with Gasteiger partial charge in [-0.25, -0.2) is 0 Å². The molecule has 88 valence electrons. The third-order valence-corrected chi connectivity index (χ3v) is 5.34. The van der Waals surface area contributed by atoms with Crippen LogP contribution in [0.2, 0.25) is 0 Å². The number of thioether (sulfide) groups is 1. The number of aromatic nitrogens is 2. The van der Waals surface area contributed by atoms with Gasteiger partial charge in [0.25, 0.3) is 0 Å². The lowest BCUT2D eigenvalue weighted by atomic mass is 10.1. The Morgan fingerprint density at radius 1 is 1.53 bits per heavy atom. The van der Waals surface area contributed by atoms with Gasteiger partial charge in [0.2, 0.25) is 5.91 Å². The molecule has 7 heteroatoms. The van der Waals surface area contributed by atoms with Gasteiger partial charge >= 0.3 is 0 Å². The van der Waals surface area contributed by atoms with E-state index < -0.39 is 0 Å². The van der Waals surface area contributed by atoms with E-state index in [0.717, 1.165) is 12.2 Å². The maximum absolute atomic E-state index is 12.1. The van der Waals surface area contributed by atoms with Crippen molar-refractivity contribution >= 4 is 45.5 Å². The van der Waals surface area contributed by atoms with E-state index in [1.165, 1.54) is 22.0 Å². The van der Waals surface area contributed by atoms with Gasteiger partial charge in [-0.15, -0.1) is 28.2 Å². The van der Waals surface area contributed by atoms with E-state index in [4.69, 9.17) is 0 Å². The quantitative estimate of drug-likeness (QED) is 0.920. The van der Waals surface area contributed by atoms with Gasteiger partial charge in [0.1, 0.15) is 10.3 Å².